The van der Waals surface area contributed by atoms with Crippen molar-refractivity contribution in [3.63, 3.8) is 0 Å². The number of nitrogens with one attached hydrogen (secondary N) is 1. The summed E-state index contributed by atoms with van der Waals surface area (Å²) in [6.45, 7) is 4.99. The molecular formula is C15H17FN2S. The van der Waals surface area contributed by atoms with E-state index in [9.17, 15) is 4.39 Å². The van der Waals surface area contributed by atoms with Crippen molar-refractivity contribution in [1.82, 2.24) is 5.32 Å². The molecule has 100 valence electrons. The summed E-state index contributed by atoms with van der Waals surface area (Å²) in [6.07, 6.45) is 0. The number of piperazine rings is 1. The van der Waals surface area contributed by atoms with Gasteiger partial charge in [-0.25, -0.2) is 4.39 Å². The first-order valence-electron chi connectivity index (χ1n) is 6.54. The second kappa shape index (κ2) is 5.31. The van der Waals surface area contributed by atoms with Crippen LogP contribution in [0.1, 0.15) is 6.92 Å². The number of thiophene rings is 1. The highest BCUT2D eigenvalue weighted by Crippen LogP contribution is 2.29. The molecule has 2 nitrogen and oxygen atoms in total. The largest absolute Gasteiger partial charge is 0.366 e. The monoisotopic (exact) mass is 276 g/mol. The van der Waals surface area contributed by atoms with Gasteiger partial charge < -0.3 is 10.2 Å². The lowest BCUT2D eigenvalue weighted by atomic mass is 10.1. The van der Waals surface area contributed by atoms with E-state index in [1.54, 1.807) is 23.5 Å². The van der Waals surface area contributed by atoms with Gasteiger partial charge in [0.05, 0.1) is 0 Å². The van der Waals surface area contributed by atoms with E-state index in [0.717, 1.165) is 36.4 Å². The minimum absolute atomic E-state index is 0.163. The SMILES string of the molecule is C[C@@H]1CNCCN1c1cc(F)cc(-c2ccsc2)c1. The Kier molecular flexibility index (Phi) is 3.53. The third kappa shape index (κ3) is 2.65. The van der Waals surface area contributed by atoms with Gasteiger partial charge in [-0.2, -0.15) is 11.3 Å². The molecule has 0 aliphatic carbocycles. The number of nitrogens with zero attached hydrogens (tertiary/aromatic N) is 1. The molecule has 1 aromatic heterocycles. The third-order valence-electron chi connectivity index (χ3n) is 3.57. The summed E-state index contributed by atoms with van der Waals surface area (Å²) in [5, 5.41) is 7.43. The van der Waals surface area contributed by atoms with Crippen molar-refractivity contribution >= 4 is 17.0 Å². The summed E-state index contributed by atoms with van der Waals surface area (Å²) < 4.78 is 13.9. The van der Waals surface area contributed by atoms with E-state index in [1.807, 2.05) is 11.4 Å². The number of benzene rings is 1. The summed E-state index contributed by atoms with van der Waals surface area (Å²) >= 11 is 1.64. The summed E-state index contributed by atoms with van der Waals surface area (Å²) in [5.74, 6) is -0.163. The van der Waals surface area contributed by atoms with E-state index in [-0.39, 0.29) is 5.82 Å². The fourth-order valence-electron chi connectivity index (χ4n) is 2.56. The lowest BCUT2D eigenvalue weighted by Gasteiger charge is -2.36. The molecule has 1 aliphatic heterocycles. The molecule has 4 heteroatoms. The van der Waals surface area contributed by atoms with Crippen LogP contribution < -0.4 is 10.2 Å². The molecule has 0 bridgehead atoms. The van der Waals surface area contributed by atoms with Gasteiger partial charge in [0, 0.05) is 31.4 Å². The van der Waals surface area contributed by atoms with Gasteiger partial charge in [-0.1, -0.05) is 0 Å². The Morgan fingerprint density at radius 3 is 2.95 bits per heavy atom. The molecule has 1 aromatic carbocycles. The van der Waals surface area contributed by atoms with Gasteiger partial charge in [0.2, 0.25) is 0 Å². The minimum atomic E-state index is -0.163. The first-order valence-corrected chi connectivity index (χ1v) is 7.49. The van der Waals surface area contributed by atoms with Crippen LogP contribution in [0.25, 0.3) is 11.1 Å². The molecule has 2 heterocycles. The Morgan fingerprint density at radius 2 is 2.21 bits per heavy atom. The van der Waals surface area contributed by atoms with Gasteiger partial charge in [-0.3, -0.25) is 0 Å². The van der Waals surface area contributed by atoms with Crippen molar-refractivity contribution in [2.45, 2.75) is 13.0 Å². The number of halogens is 1. The summed E-state index contributed by atoms with van der Waals surface area (Å²) in [6, 6.07) is 7.76. The van der Waals surface area contributed by atoms with Crippen molar-refractivity contribution in [3.8, 4) is 11.1 Å². The normalized spacial score (nSPS) is 19.7. The summed E-state index contributed by atoms with van der Waals surface area (Å²) in [4.78, 5) is 2.27. The van der Waals surface area contributed by atoms with Gasteiger partial charge in [-0.15, -0.1) is 0 Å². The fourth-order valence-corrected chi connectivity index (χ4v) is 3.22. The zero-order valence-electron chi connectivity index (χ0n) is 10.9. The Labute approximate surface area is 116 Å². The lowest BCUT2D eigenvalue weighted by molar-refractivity contribution is 0.499. The van der Waals surface area contributed by atoms with E-state index >= 15 is 0 Å². The van der Waals surface area contributed by atoms with Gasteiger partial charge in [0.1, 0.15) is 5.82 Å². The average Bonchev–Trinajstić information content (AvgIpc) is 2.92. The third-order valence-corrected chi connectivity index (χ3v) is 4.25. The van der Waals surface area contributed by atoms with Crippen LogP contribution in [-0.2, 0) is 0 Å². The van der Waals surface area contributed by atoms with Crippen LogP contribution >= 0.6 is 11.3 Å². The van der Waals surface area contributed by atoms with Crippen molar-refractivity contribution in [2.75, 3.05) is 24.5 Å². The molecule has 0 spiro atoms. The molecule has 1 aliphatic rings. The first kappa shape index (κ1) is 12.6. The Bertz CT molecular complexity index is 553. The second-order valence-corrected chi connectivity index (χ2v) is 5.74. The van der Waals surface area contributed by atoms with Crippen LogP contribution in [0.4, 0.5) is 10.1 Å². The van der Waals surface area contributed by atoms with Gasteiger partial charge >= 0.3 is 0 Å². The van der Waals surface area contributed by atoms with Crippen LogP contribution in [0, 0.1) is 5.82 Å². The molecule has 0 unspecified atom stereocenters. The molecule has 19 heavy (non-hydrogen) atoms. The fraction of sp³-hybridized carbons (Fsp3) is 0.333. The van der Waals surface area contributed by atoms with Crippen molar-refractivity contribution in [3.05, 3.63) is 40.8 Å². The average molecular weight is 276 g/mol. The van der Waals surface area contributed by atoms with Crippen molar-refractivity contribution in [2.24, 2.45) is 0 Å². The van der Waals surface area contributed by atoms with Gasteiger partial charge in [0.15, 0.2) is 0 Å². The predicted molar refractivity (Wildman–Crippen MR) is 79.4 cm³/mol. The highest BCUT2D eigenvalue weighted by atomic mass is 32.1. The number of anilines is 1. The number of hydrogen-bond donors (Lipinski definition) is 1. The van der Waals surface area contributed by atoms with E-state index in [4.69, 9.17) is 0 Å². The molecular weight excluding hydrogens is 259 g/mol. The predicted octanol–water partition coefficient (Wildman–Crippen LogP) is 3.35. The maximum atomic E-state index is 13.9. The molecule has 0 amide bonds. The van der Waals surface area contributed by atoms with E-state index in [1.165, 1.54) is 0 Å². The molecule has 1 saturated heterocycles. The lowest BCUT2D eigenvalue weighted by Crippen LogP contribution is -2.49. The Balaban J connectivity index is 1.97. The van der Waals surface area contributed by atoms with E-state index in [0.29, 0.717) is 6.04 Å². The van der Waals surface area contributed by atoms with Crippen LogP contribution in [0.5, 0.6) is 0 Å². The van der Waals surface area contributed by atoms with Gasteiger partial charge in [0.25, 0.3) is 0 Å². The highest BCUT2D eigenvalue weighted by Gasteiger charge is 2.19. The second-order valence-electron chi connectivity index (χ2n) is 4.96. The zero-order chi connectivity index (χ0) is 13.2. The van der Waals surface area contributed by atoms with Crippen LogP contribution in [0.2, 0.25) is 0 Å². The van der Waals surface area contributed by atoms with Crippen LogP contribution in [0.3, 0.4) is 0 Å². The summed E-state index contributed by atoms with van der Waals surface area (Å²) in [5.41, 5.74) is 3.03. The zero-order valence-corrected chi connectivity index (χ0v) is 11.7. The molecule has 0 radical (unpaired) electrons. The number of rotatable bonds is 2. The molecule has 0 saturated carbocycles. The summed E-state index contributed by atoms with van der Waals surface area (Å²) in [7, 11) is 0. The van der Waals surface area contributed by atoms with Crippen molar-refractivity contribution in [1.29, 1.82) is 0 Å². The van der Waals surface area contributed by atoms with Crippen LogP contribution in [0.15, 0.2) is 35.0 Å². The molecule has 3 rings (SSSR count). The van der Waals surface area contributed by atoms with E-state index < -0.39 is 0 Å². The molecule has 1 fully saturated rings. The minimum Gasteiger partial charge on any atom is -0.366 e. The Hall–Kier alpha value is -1.39. The molecule has 1 N–H and O–H groups in total. The van der Waals surface area contributed by atoms with Crippen LogP contribution in [-0.4, -0.2) is 25.7 Å². The maximum Gasteiger partial charge on any atom is 0.125 e. The Morgan fingerprint density at radius 1 is 1.32 bits per heavy atom. The van der Waals surface area contributed by atoms with Gasteiger partial charge in [-0.05, 0) is 53.1 Å². The number of hydrogen-bond acceptors (Lipinski definition) is 3. The standard InChI is InChI=1S/C15H17FN2S/c1-11-9-17-3-4-18(11)15-7-13(6-14(16)8-15)12-2-5-19-10-12/h2,5-8,10-11,17H,3-4,9H2,1H3/t11-/m1/s1. The topological polar surface area (TPSA) is 15.3 Å². The molecule has 2 aromatic rings. The van der Waals surface area contributed by atoms with Crippen molar-refractivity contribution < 1.29 is 4.39 Å². The molecule has 1 atom stereocenters. The first-order chi connectivity index (χ1) is 9.24. The highest BCUT2D eigenvalue weighted by molar-refractivity contribution is 7.08. The van der Waals surface area contributed by atoms with E-state index in [2.05, 4.69) is 28.6 Å². The smallest absolute Gasteiger partial charge is 0.125 e. The maximum absolute atomic E-state index is 13.9. The quantitative estimate of drug-likeness (QED) is 0.905.